The Hall–Kier alpha value is -6.01. The Morgan fingerprint density at radius 1 is 0.395 bits per heavy atom. The summed E-state index contributed by atoms with van der Waals surface area (Å²) in [5.41, 5.74) is 9.76. The Labute approximate surface area is 247 Å². The molecule has 8 rings (SSSR count). The molecular formula is C37H23N5O. The molecule has 0 unspecified atom stereocenters. The van der Waals surface area contributed by atoms with Gasteiger partial charge in [0.05, 0.1) is 0 Å². The summed E-state index contributed by atoms with van der Waals surface area (Å²) in [4.78, 5) is 23.9. The maximum absolute atomic E-state index is 6.22. The first-order chi connectivity index (χ1) is 21.3. The molecular weight excluding hydrogens is 530 g/mol. The van der Waals surface area contributed by atoms with E-state index in [4.69, 9.17) is 19.4 Å². The number of fused-ring (bicyclic) bond motifs is 3. The molecule has 0 radical (unpaired) electrons. The van der Waals surface area contributed by atoms with Crippen molar-refractivity contribution in [3.63, 3.8) is 0 Å². The van der Waals surface area contributed by atoms with Gasteiger partial charge in [-0.3, -0.25) is 9.97 Å². The molecule has 0 atom stereocenters. The van der Waals surface area contributed by atoms with Crippen LogP contribution >= 0.6 is 0 Å². The van der Waals surface area contributed by atoms with Gasteiger partial charge in [-0.2, -0.15) is 0 Å². The minimum Gasteiger partial charge on any atom is -0.452 e. The lowest BCUT2D eigenvalue weighted by molar-refractivity contribution is 0.668. The SMILES string of the molecule is c1ccc(-c2cccc(-c3nc(-c4ccccc4)nc(-c4cccc(-c5ccnc6c5oc5cccnc56)c4)n3)c2)cc1. The van der Waals surface area contributed by atoms with E-state index in [-0.39, 0.29) is 0 Å². The quantitative estimate of drug-likeness (QED) is 0.212. The van der Waals surface area contributed by atoms with Gasteiger partial charge in [0.15, 0.2) is 28.6 Å². The van der Waals surface area contributed by atoms with Crippen molar-refractivity contribution in [2.75, 3.05) is 0 Å². The second kappa shape index (κ2) is 10.4. The molecule has 0 aliphatic rings. The zero-order valence-electron chi connectivity index (χ0n) is 22.9. The lowest BCUT2D eigenvalue weighted by atomic mass is 10.0. The number of benzene rings is 4. The predicted molar refractivity (Wildman–Crippen MR) is 170 cm³/mol. The monoisotopic (exact) mass is 553 g/mol. The van der Waals surface area contributed by atoms with E-state index in [0.29, 0.717) is 28.6 Å². The van der Waals surface area contributed by atoms with Crippen LogP contribution in [0.2, 0.25) is 0 Å². The van der Waals surface area contributed by atoms with E-state index < -0.39 is 0 Å². The van der Waals surface area contributed by atoms with Crippen LogP contribution in [0.4, 0.5) is 0 Å². The van der Waals surface area contributed by atoms with Crippen LogP contribution in [0.15, 0.2) is 144 Å². The molecule has 0 fully saturated rings. The fourth-order valence-corrected chi connectivity index (χ4v) is 5.35. The average Bonchev–Trinajstić information content (AvgIpc) is 3.48. The molecule has 0 amide bonds. The summed E-state index contributed by atoms with van der Waals surface area (Å²) >= 11 is 0. The molecule has 0 aliphatic heterocycles. The highest BCUT2D eigenvalue weighted by Crippen LogP contribution is 2.35. The molecule has 0 aliphatic carbocycles. The Morgan fingerprint density at radius 3 is 1.67 bits per heavy atom. The molecule has 4 heterocycles. The van der Waals surface area contributed by atoms with Crippen molar-refractivity contribution < 1.29 is 4.42 Å². The zero-order valence-corrected chi connectivity index (χ0v) is 22.9. The fourth-order valence-electron chi connectivity index (χ4n) is 5.35. The fraction of sp³-hybridized carbons (Fsp3) is 0. The van der Waals surface area contributed by atoms with Crippen molar-refractivity contribution in [2.45, 2.75) is 0 Å². The van der Waals surface area contributed by atoms with Gasteiger partial charge in [-0.25, -0.2) is 15.0 Å². The van der Waals surface area contributed by atoms with Crippen molar-refractivity contribution in [2.24, 2.45) is 0 Å². The van der Waals surface area contributed by atoms with E-state index in [1.165, 1.54) is 0 Å². The highest BCUT2D eigenvalue weighted by Gasteiger charge is 2.17. The van der Waals surface area contributed by atoms with E-state index in [0.717, 1.165) is 50.0 Å². The van der Waals surface area contributed by atoms with Crippen LogP contribution in [0.3, 0.4) is 0 Å². The highest BCUT2D eigenvalue weighted by molar-refractivity contribution is 6.05. The second-order valence-corrected chi connectivity index (χ2v) is 10.2. The van der Waals surface area contributed by atoms with Gasteiger partial charge in [0, 0.05) is 34.6 Å². The minimum absolute atomic E-state index is 0.590. The third-order valence-corrected chi connectivity index (χ3v) is 7.44. The molecule has 6 heteroatoms. The Kier molecular flexibility index (Phi) is 6.01. The molecule has 202 valence electrons. The predicted octanol–water partition coefficient (Wildman–Crippen LogP) is 8.90. The summed E-state index contributed by atoms with van der Waals surface area (Å²) in [7, 11) is 0. The number of furan rings is 1. The number of rotatable bonds is 5. The number of nitrogens with zero attached hydrogens (tertiary/aromatic N) is 5. The first kappa shape index (κ1) is 24.8. The molecule has 43 heavy (non-hydrogen) atoms. The van der Waals surface area contributed by atoms with Crippen LogP contribution in [0.1, 0.15) is 0 Å². The van der Waals surface area contributed by atoms with Gasteiger partial charge in [0.1, 0.15) is 11.0 Å². The Balaban J connectivity index is 1.28. The van der Waals surface area contributed by atoms with E-state index >= 15 is 0 Å². The largest absolute Gasteiger partial charge is 0.452 e. The second-order valence-electron chi connectivity index (χ2n) is 10.2. The summed E-state index contributed by atoms with van der Waals surface area (Å²) in [6, 6.07) is 42.6. The molecule has 0 saturated carbocycles. The Bertz CT molecular complexity index is 2240. The standard InChI is InChI=1S/C37H23N5O/c1-3-10-24(11-4-1)26-14-7-16-28(22-26)36-40-35(25-12-5-2-6-13-25)41-37(42-36)29-17-8-15-27(23-29)30-19-21-39-33-32-31(43-34(30)33)18-9-20-38-32/h1-23H. The first-order valence-corrected chi connectivity index (χ1v) is 14.0. The van der Waals surface area contributed by atoms with Crippen LogP contribution in [-0.2, 0) is 0 Å². The van der Waals surface area contributed by atoms with Gasteiger partial charge in [0.2, 0.25) is 0 Å². The minimum atomic E-state index is 0.590. The van der Waals surface area contributed by atoms with Gasteiger partial charge in [-0.05, 0) is 47.0 Å². The van der Waals surface area contributed by atoms with Crippen molar-refractivity contribution >= 4 is 22.2 Å². The normalized spacial score (nSPS) is 11.3. The van der Waals surface area contributed by atoms with E-state index in [9.17, 15) is 0 Å². The molecule has 0 bridgehead atoms. The lowest BCUT2D eigenvalue weighted by Gasteiger charge is -2.10. The van der Waals surface area contributed by atoms with Gasteiger partial charge in [-0.15, -0.1) is 0 Å². The van der Waals surface area contributed by atoms with Crippen molar-refractivity contribution in [3.8, 4) is 56.4 Å². The summed E-state index contributed by atoms with van der Waals surface area (Å²) in [6.07, 6.45) is 3.55. The van der Waals surface area contributed by atoms with Gasteiger partial charge >= 0.3 is 0 Å². The van der Waals surface area contributed by atoms with Crippen LogP contribution in [-0.4, -0.2) is 24.9 Å². The molecule has 0 N–H and O–H groups in total. The topological polar surface area (TPSA) is 77.6 Å². The van der Waals surface area contributed by atoms with Gasteiger partial charge in [-0.1, -0.05) is 97.1 Å². The molecule has 0 spiro atoms. The van der Waals surface area contributed by atoms with Crippen LogP contribution in [0.5, 0.6) is 0 Å². The van der Waals surface area contributed by atoms with Gasteiger partial charge in [0.25, 0.3) is 0 Å². The number of hydrogen-bond acceptors (Lipinski definition) is 6. The van der Waals surface area contributed by atoms with Crippen molar-refractivity contribution in [1.29, 1.82) is 0 Å². The van der Waals surface area contributed by atoms with Gasteiger partial charge < -0.3 is 4.42 Å². The molecule has 4 aromatic heterocycles. The number of pyridine rings is 2. The van der Waals surface area contributed by atoms with Crippen molar-refractivity contribution in [1.82, 2.24) is 24.9 Å². The van der Waals surface area contributed by atoms with Crippen molar-refractivity contribution in [3.05, 3.63) is 140 Å². The summed E-state index contributed by atoms with van der Waals surface area (Å²) in [5.74, 6) is 1.82. The summed E-state index contributed by atoms with van der Waals surface area (Å²) < 4.78 is 6.22. The van der Waals surface area contributed by atoms with Crippen LogP contribution in [0, 0.1) is 0 Å². The number of aromatic nitrogens is 5. The Morgan fingerprint density at radius 2 is 0.953 bits per heavy atom. The maximum atomic E-state index is 6.22. The van der Waals surface area contributed by atoms with E-state index in [1.54, 1.807) is 12.4 Å². The smallest absolute Gasteiger partial charge is 0.164 e. The van der Waals surface area contributed by atoms with Crippen LogP contribution in [0.25, 0.3) is 78.6 Å². The molecule has 0 saturated heterocycles. The third-order valence-electron chi connectivity index (χ3n) is 7.44. The lowest BCUT2D eigenvalue weighted by Crippen LogP contribution is -2.00. The molecule has 4 aromatic carbocycles. The van der Waals surface area contributed by atoms with E-state index in [2.05, 4.69) is 46.4 Å². The molecule has 6 nitrogen and oxygen atoms in total. The van der Waals surface area contributed by atoms with Crippen LogP contribution < -0.4 is 0 Å². The van der Waals surface area contributed by atoms with E-state index in [1.807, 2.05) is 91.0 Å². The molecule has 8 aromatic rings. The number of hydrogen-bond donors (Lipinski definition) is 0. The zero-order chi connectivity index (χ0) is 28.6. The highest BCUT2D eigenvalue weighted by atomic mass is 16.3. The third kappa shape index (κ3) is 4.61. The first-order valence-electron chi connectivity index (χ1n) is 14.0. The summed E-state index contributed by atoms with van der Waals surface area (Å²) in [5, 5.41) is 0. The average molecular weight is 554 g/mol. The maximum Gasteiger partial charge on any atom is 0.164 e. The summed E-state index contributed by atoms with van der Waals surface area (Å²) in [6.45, 7) is 0.